The molecule has 1 saturated heterocycles. The van der Waals surface area contributed by atoms with Gasteiger partial charge in [-0.2, -0.15) is 10.4 Å². The fourth-order valence-corrected chi connectivity index (χ4v) is 3.17. The summed E-state index contributed by atoms with van der Waals surface area (Å²) in [6.07, 6.45) is 3.14. The zero-order chi connectivity index (χ0) is 17.9. The summed E-state index contributed by atoms with van der Waals surface area (Å²) in [6.45, 7) is 0.645. The molecular weight excluding hydrogens is 328 g/mol. The van der Waals surface area contributed by atoms with E-state index in [1.54, 1.807) is 17.0 Å². The number of benzene rings is 1. The summed E-state index contributed by atoms with van der Waals surface area (Å²) in [5.74, 6) is 1.15. The first-order valence-corrected chi connectivity index (χ1v) is 8.41. The molecule has 2 aromatic heterocycles. The molecule has 4 rings (SSSR count). The molecule has 0 bridgehead atoms. The van der Waals surface area contributed by atoms with Crippen LogP contribution in [-0.2, 0) is 0 Å². The maximum Gasteiger partial charge on any atom is 0.273 e. The normalized spacial score (nSPS) is 16.4. The Bertz CT molecular complexity index is 958. The highest BCUT2D eigenvalue weighted by Gasteiger charge is 2.33. The molecule has 1 aliphatic heterocycles. The van der Waals surface area contributed by atoms with Crippen molar-refractivity contribution in [3.8, 4) is 17.5 Å². The molecule has 7 heteroatoms. The predicted molar refractivity (Wildman–Crippen MR) is 93.8 cm³/mol. The van der Waals surface area contributed by atoms with Crippen molar-refractivity contribution in [2.75, 3.05) is 6.54 Å². The van der Waals surface area contributed by atoms with Gasteiger partial charge in [0, 0.05) is 18.3 Å². The summed E-state index contributed by atoms with van der Waals surface area (Å²) in [6, 6.07) is 14.8. The van der Waals surface area contributed by atoms with Crippen molar-refractivity contribution in [2.24, 2.45) is 0 Å². The lowest BCUT2D eigenvalue weighted by molar-refractivity contribution is 0.0724. The highest BCUT2D eigenvalue weighted by Crippen LogP contribution is 2.31. The Morgan fingerprint density at radius 1 is 1.23 bits per heavy atom. The van der Waals surface area contributed by atoms with E-state index >= 15 is 0 Å². The van der Waals surface area contributed by atoms with E-state index in [4.69, 9.17) is 5.26 Å². The van der Waals surface area contributed by atoms with Gasteiger partial charge < -0.3 is 4.90 Å². The van der Waals surface area contributed by atoms with E-state index in [2.05, 4.69) is 20.2 Å². The topological polar surface area (TPSA) is 98.6 Å². The largest absolute Gasteiger partial charge is 0.327 e. The Balaban J connectivity index is 1.58. The van der Waals surface area contributed by atoms with Crippen LogP contribution in [-0.4, -0.2) is 37.5 Å². The molecule has 26 heavy (non-hydrogen) atoms. The van der Waals surface area contributed by atoms with Crippen LogP contribution in [0.2, 0.25) is 0 Å². The van der Waals surface area contributed by atoms with Gasteiger partial charge in [-0.15, -0.1) is 0 Å². The lowest BCUT2D eigenvalue weighted by Crippen LogP contribution is -2.31. The molecule has 1 atom stereocenters. The smallest absolute Gasteiger partial charge is 0.273 e. The van der Waals surface area contributed by atoms with Crippen LogP contribution in [0.25, 0.3) is 11.4 Å². The van der Waals surface area contributed by atoms with Gasteiger partial charge in [0.1, 0.15) is 17.6 Å². The molecule has 1 aromatic carbocycles. The summed E-state index contributed by atoms with van der Waals surface area (Å²) in [5.41, 5.74) is 1.69. The van der Waals surface area contributed by atoms with Gasteiger partial charge in [0.05, 0.1) is 11.6 Å². The standard InChI is InChI=1S/C19H16N6O/c20-11-13-8-9-15(21-12-13)19(26)25-10-4-7-16(25)18-22-17(23-24-18)14-5-2-1-3-6-14/h1-3,5-6,8-9,12,16H,4,7,10H2,(H,22,23,24)/t16-/m1/s1. The van der Waals surface area contributed by atoms with Gasteiger partial charge in [-0.3, -0.25) is 9.89 Å². The van der Waals surface area contributed by atoms with Gasteiger partial charge in [-0.1, -0.05) is 30.3 Å². The van der Waals surface area contributed by atoms with Gasteiger partial charge in [-0.25, -0.2) is 9.97 Å². The number of amides is 1. The molecule has 1 amide bonds. The number of likely N-dealkylation sites (tertiary alicyclic amines) is 1. The first kappa shape index (κ1) is 16.0. The molecule has 0 saturated carbocycles. The molecule has 0 aliphatic carbocycles. The fraction of sp³-hybridized carbons (Fsp3) is 0.211. The molecular formula is C19H16N6O. The van der Waals surface area contributed by atoms with E-state index in [0.717, 1.165) is 18.4 Å². The number of nitrogens with zero attached hydrogens (tertiary/aromatic N) is 5. The molecule has 128 valence electrons. The second-order valence-corrected chi connectivity index (χ2v) is 6.11. The number of carbonyl (C=O) groups excluding carboxylic acids is 1. The van der Waals surface area contributed by atoms with Crippen LogP contribution in [0.1, 0.15) is 40.8 Å². The molecule has 1 fully saturated rings. The Labute approximate surface area is 150 Å². The van der Waals surface area contributed by atoms with Gasteiger partial charge >= 0.3 is 0 Å². The molecule has 3 heterocycles. The Hall–Kier alpha value is -3.53. The van der Waals surface area contributed by atoms with E-state index in [0.29, 0.717) is 29.5 Å². The number of carbonyl (C=O) groups is 1. The number of H-pyrrole nitrogens is 1. The minimum atomic E-state index is -0.158. The first-order chi connectivity index (χ1) is 12.8. The molecule has 3 aromatic rings. The fourth-order valence-electron chi connectivity index (χ4n) is 3.17. The number of nitriles is 1. The number of rotatable bonds is 3. The summed E-state index contributed by atoms with van der Waals surface area (Å²) < 4.78 is 0. The Morgan fingerprint density at radius 3 is 2.81 bits per heavy atom. The van der Waals surface area contributed by atoms with Crippen LogP contribution in [0.3, 0.4) is 0 Å². The lowest BCUT2D eigenvalue weighted by Gasteiger charge is -2.22. The van der Waals surface area contributed by atoms with Crippen LogP contribution >= 0.6 is 0 Å². The Kier molecular flexibility index (Phi) is 4.15. The van der Waals surface area contributed by atoms with Crippen LogP contribution in [0.4, 0.5) is 0 Å². The number of hydrogen-bond donors (Lipinski definition) is 1. The molecule has 7 nitrogen and oxygen atoms in total. The van der Waals surface area contributed by atoms with Crippen molar-refractivity contribution in [1.82, 2.24) is 25.1 Å². The van der Waals surface area contributed by atoms with Gasteiger partial charge in [0.15, 0.2) is 5.82 Å². The number of aromatic amines is 1. The van der Waals surface area contributed by atoms with E-state index in [1.165, 1.54) is 6.20 Å². The predicted octanol–water partition coefficient (Wildman–Crippen LogP) is 2.72. The van der Waals surface area contributed by atoms with E-state index in [-0.39, 0.29) is 11.9 Å². The van der Waals surface area contributed by atoms with Crippen LogP contribution in [0.5, 0.6) is 0 Å². The number of hydrogen-bond acceptors (Lipinski definition) is 5. The van der Waals surface area contributed by atoms with Crippen molar-refractivity contribution in [2.45, 2.75) is 18.9 Å². The van der Waals surface area contributed by atoms with Crippen molar-refractivity contribution in [3.63, 3.8) is 0 Å². The van der Waals surface area contributed by atoms with Crippen molar-refractivity contribution < 1.29 is 4.79 Å². The van der Waals surface area contributed by atoms with E-state index < -0.39 is 0 Å². The summed E-state index contributed by atoms with van der Waals surface area (Å²) >= 11 is 0. The monoisotopic (exact) mass is 344 g/mol. The zero-order valence-corrected chi connectivity index (χ0v) is 14.0. The minimum absolute atomic E-state index is 0.148. The second-order valence-electron chi connectivity index (χ2n) is 6.11. The highest BCUT2D eigenvalue weighted by atomic mass is 16.2. The third-order valence-corrected chi connectivity index (χ3v) is 4.48. The van der Waals surface area contributed by atoms with Crippen molar-refractivity contribution in [1.29, 1.82) is 5.26 Å². The lowest BCUT2D eigenvalue weighted by atomic mass is 10.2. The average molecular weight is 344 g/mol. The molecule has 0 spiro atoms. The highest BCUT2D eigenvalue weighted by molar-refractivity contribution is 5.92. The molecule has 1 N–H and O–H groups in total. The molecule has 0 unspecified atom stereocenters. The summed E-state index contributed by atoms with van der Waals surface area (Å²) in [4.78, 5) is 23.3. The van der Waals surface area contributed by atoms with Gasteiger partial charge in [0.2, 0.25) is 0 Å². The van der Waals surface area contributed by atoms with Gasteiger partial charge in [0.25, 0.3) is 5.91 Å². The Morgan fingerprint density at radius 2 is 2.08 bits per heavy atom. The maximum atomic E-state index is 12.8. The third kappa shape index (κ3) is 2.93. The van der Waals surface area contributed by atoms with Crippen LogP contribution in [0, 0.1) is 11.3 Å². The molecule has 1 aliphatic rings. The summed E-state index contributed by atoms with van der Waals surface area (Å²) in [7, 11) is 0. The quantitative estimate of drug-likeness (QED) is 0.787. The minimum Gasteiger partial charge on any atom is -0.327 e. The summed E-state index contributed by atoms with van der Waals surface area (Å²) in [5, 5.41) is 16.1. The van der Waals surface area contributed by atoms with Crippen LogP contribution in [0.15, 0.2) is 48.7 Å². The SMILES string of the molecule is N#Cc1ccc(C(=O)N2CCC[C@@H]2c2nc(-c3ccccc3)n[nH]2)nc1. The van der Waals surface area contributed by atoms with Crippen molar-refractivity contribution in [3.05, 3.63) is 65.7 Å². The third-order valence-electron chi connectivity index (χ3n) is 4.48. The number of nitrogens with one attached hydrogen (secondary N) is 1. The average Bonchev–Trinajstić information content (AvgIpc) is 3.37. The van der Waals surface area contributed by atoms with Gasteiger partial charge in [-0.05, 0) is 25.0 Å². The number of aromatic nitrogens is 4. The molecule has 0 radical (unpaired) electrons. The number of pyridine rings is 1. The van der Waals surface area contributed by atoms with E-state index in [9.17, 15) is 4.79 Å². The maximum absolute atomic E-state index is 12.8. The first-order valence-electron chi connectivity index (χ1n) is 8.41. The van der Waals surface area contributed by atoms with E-state index in [1.807, 2.05) is 36.4 Å². The van der Waals surface area contributed by atoms with Crippen LogP contribution < -0.4 is 0 Å². The van der Waals surface area contributed by atoms with Crippen molar-refractivity contribution >= 4 is 5.91 Å². The zero-order valence-electron chi connectivity index (χ0n) is 14.0. The second kappa shape index (κ2) is 6.76.